The molecule has 0 aliphatic heterocycles. The predicted molar refractivity (Wildman–Crippen MR) is 83.8 cm³/mol. The number of carbonyl (C=O) groups excluding carboxylic acids is 1. The van der Waals surface area contributed by atoms with Crippen LogP contribution in [0.2, 0.25) is 0 Å². The molecule has 0 bridgehead atoms. The summed E-state index contributed by atoms with van der Waals surface area (Å²) in [6.07, 6.45) is 0. The van der Waals surface area contributed by atoms with Crippen LogP contribution < -0.4 is 5.32 Å². The van der Waals surface area contributed by atoms with E-state index >= 15 is 0 Å². The Bertz CT molecular complexity index is 598. The zero-order valence-electron chi connectivity index (χ0n) is 12.2. The summed E-state index contributed by atoms with van der Waals surface area (Å²) in [5.74, 6) is -0.243. The number of thiophene rings is 1. The number of nitrogens with one attached hydrogen (secondary N) is 1. The average molecular weight is 306 g/mol. The van der Waals surface area contributed by atoms with Crippen LogP contribution in [-0.2, 0) is 13.1 Å². The largest absolute Gasteiger partial charge is 0.334 e. The first kappa shape index (κ1) is 15.5. The van der Waals surface area contributed by atoms with E-state index in [2.05, 4.69) is 5.32 Å². The van der Waals surface area contributed by atoms with Crippen LogP contribution in [0.25, 0.3) is 0 Å². The van der Waals surface area contributed by atoms with Crippen LogP contribution in [0.5, 0.6) is 0 Å². The van der Waals surface area contributed by atoms with E-state index in [1.807, 2.05) is 30.5 Å². The van der Waals surface area contributed by atoms with E-state index in [0.29, 0.717) is 25.2 Å². The lowest BCUT2D eigenvalue weighted by molar-refractivity contribution is 0.198. The lowest BCUT2D eigenvalue weighted by Crippen LogP contribution is -2.38. The Morgan fingerprint density at radius 3 is 2.81 bits per heavy atom. The van der Waals surface area contributed by atoms with Crippen molar-refractivity contribution in [2.24, 2.45) is 0 Å². The molecule has 0 spiro atoms. The summed E-state index contributed by atoms with van der Waals surface area (Å²) in [6.45, 7) is 5.22. The highest BCUT2D eigenvalue weighted by Gasteiger charge is 2.12. The smallest absolute Gasteiger partial charge is 0.317 e. The van der Waals surface area contributed by atoms with Crippen molar-refractivity contribution >= 4 is 17.4 Å². The van der Waals surface area contributed by atoms with E-state index in [4.69, 9.17) is 0 Å². The second kappa shape index (κ2) is 7.22. The second-order valence-corrected chi connectivity index (χ2v) is 5.87. The Hall–Kier alpha value is -1.88. The summed E-state index contributed by atoms with van der Waals surface area (Å²) in [5.41, 5.74) is 1.37. The molecule has 2 aromatic rings. The Morgan fingerprint density at radius 2 is 2.19 bits per heavy atom. The van der Waals surface area contributed by atoms with Gasteiger partial charge in [0, 0.05) is 18.0 Å². The summed E-state index contributed by atoms with van der Waals surface area (Å²) >= 11 is 1.63. The van der Waals surface area contributed by atoms with Crippen LogP contribution in [0, 0.1) is 12.7 Å². The number of nitrogens with zero attached hydrogens (tertiary/aromatic N) is 1. The van der Waals surface area contributed by atoms with Crippen LogP contribution in [0.3, 0.4) is 0 Å². The van der Waals surface area contributed by atoms with Gasteiger partial charge in [0.25, 0.3) is 0 Å². The zero-order chi connectivity index (χ0) is 15.2. The number of benzene rings is 1. The van der Waals surface area contributed by atoms with Crippen LogP contribution in [0.1, 0.15) is 22.9 Å². The van der Waals surface area contributed by atoms with E-state index in [1.165, 1.54) is 6.07 Å². The minimum absolute atomic E-state index is 0.133. The molecule has 112 valence electrons. The number of amides is 2. The second-order valence-electron chi connectivity index (χ2n) is 4.84. The lowest BCUT2D eigenvalue weighted by Gasteiger charge is -2.20. The van der Waals surface area contributed by atoms with Gasteiger partial charge in [-0.25, -0.2) is 9.18 Å². The number of aryl methyl sites for hydroxylation is 1. The van der Waals surface area contributed by atoms with E-state index < -0.39 is 0 Å². The Morgan fingerprint density at radius 1 is 1.38 bits per heavy atom. The third-order valence-electron chi connectivity index (χ3n) is 3.28. The molecule has 0 unspecified atom stereocenters. The molecule has 0 aliphatic carbocycles. The van der Waals surface area contributed by atoms with Crippen LogP contribution >= 0.6 is 11.3 Å². The number of halogens is 1. The first-order valence-corrected chi connectivity index (χ1v) is 7.78. The van der Waals surface area contributed by atoms with Gasteiger partial charge in [0.05, 0.1) is 6.54 Å². The lowest BCUT2D eigenvalue weighted by atomic mass is 10.1. The average Bonchev–Trinajstić information content (AvgIpc) is 2.98. The monoisotopic (exact) mass is 306 g/mol. The Kier molecular flexibility index (Phi) is 5.33. The SMILES string of the molecule is CCN(Cc1cccs1)C(=O)NCc1ccc(C)c(F)c1. The van der Waals surface area contributed by atoms with E-state index in [-0.39, 0.29) is 11.8 Å². The highest BCUT2D eigenvalue weighted by atomic mass is 32.1. The third-order valence-corrected chi connectivity index (χ3v) is 4.14. The summed E-state index contributed by atoms with van der Waals surface area (Å²) in [7, 11) is 0. The molecule has 0 saturated carbocycles. The number of rotatable bonds is 5. The van der Waals surface area contributed by atoms with Gasteiger partial charge in [-0.2, -0.15) is 0 Å². The van der Waals surface area contributed by atoms with Gasteiger partial charge in [0.1, 0.15) is 5.82 Å². The molecule has 0 saturated heterocycles. The van der Waals surface area contributed by atoms with Gasteiger partial charge in [0.2, 0.25) is 0 Å². The molecule has 1 aromatic carbocycles. The predicted octanol–water partition coefficient (Wildman–Crippen LogP) is 3.93. The maximum atomic E-state index is 13.5. The van der Waals surface area contributed by atoms with Gasteiger partial charge >= 0.3 is 6.03 Å². The van der Waals surface area contributed by atoms with Crippen LogP contribution in [-0.4, -0.2) is 17.5 Å². The molecule has 2 rings (SSSR count). The molecule has 21 heavy (non-hydrogen) atoms. The molecule has 1 N–H and O–H groups in total. The molecular formula is C16H19FN2OS. The molecular weight excluding hydrogens is 287 g/mol. The number of hydrogen-bond donors (Lipinski definition) is 1. The van der Waals surface area contributed by atoms with Crippen molar-refractivity contribution in [2.45, 2.75) is 26.9 Å². The van der Waals surface area contributed by atoms with Crippen molar-refractivity contribution in [3.05, 3.63) is 57.5 Å². The van der Waals surface area contributed by atoms with Gasteiger partial charge in [-0.05, 0) is 42.5 Å². The Labute approximate surface area is 128 Å². The molecule has 0 radical (unpaired) electrons. The van der Waals surface area contributed by atoms with Crippen molar-refractivity contribution in [2.75, 3.05) is 6.54 Å². The maximum Gasteiger partial charge on any atom is 0.317 e. The number of urea groups is 1. The fourth-order valence-corrected chi connectivity index (χ4v) is 2.67. The van der Waals surface area contributed by atoms with Crippen molar-refractivity contribution in [1.29, 1.82) is 0 Å². The van der Waals surface area contributed by atoms with Gasteiger partial charge < -0.3 is 10.2 Å². The standard InChI is InChI=1S/C16H19FN2OS/c1-3-19(11-14-5-4-8-21-14)16(20)18-10-13-7-6-12(2)15(17)9-13/h4-9H,3,10-11H2,1-2H3,(H,18,20). The van der Waals surface area contributed by atoms with Gasteiger partial charge in [-0.1, -0.05) is 18.2 Å². The van der Waals surface area contributed by atoms with Crippen LogP contribution in [0.4, 0.5) is 9.18 Å². The van der Waals surface area contributed by atoms with Crippen molar-refractivity contribution in [1.82, 2.24) is 10.2 Å². The highest BCUT2D eigenvalue weighted by molar-refractivity contribution is 7.09. The van der Waals surface area contributed by atoms with Gasteiger partial charge in [-0.15, -0.1) is 11.3 Å². The van der Waals surface area contributed by atoms with E-state index in [9.17, 15) is 9.18 Å². The fraction of sp³-hybridized carbons (Fsp3) is 0.312. The number of hydrogen-bond acceptors (Lipinski definition) is 2. The summed E-state index contributed by atoms with van der Waals surface area (Å²) in [6, 6.07) is 8.86. The van der Waals surface area contributed by atoms with E-state index in [0.717, 1.165) is 10.4 Å². The molecule has 0 aliphatic rings. The van der Waals surface area contributed by atoms with Gasteiger partial charge in [0.15, 0.2) is 0 Å². The Balaban J connectivity index is 1.91. The molecule has 0 fully saturated rings. The normalized spacial score (nSPS) is 10.4. The van der Waals surface area contributed by atoms with Crippen molar-refractivity contribution < 1.29 is 9.18 Å². The minimum atomic E-state index is -0.243. The zero-order valence-corrected chi connectivity index (χ0v) is 13.0. The minimum Gasteiger partial charge on any atom is -0.334 e. The summed E-state index contributed by atoms with van der Waals surface area (Å²) < 4.78 is 13.5. The molecule has 0 atom stereocenters. The number of carbonyl (C=O) groups is 1. The first-order chi connectivity index (χ1) is 10.1. The summed E-state index contributed by atoms with van der Waals surface area (Å²) in [5, 5.41) is 4.83. The quantitative estimate of drug-likeness (QED) is 0.892. The first-order valence-electron chi connectivity index (χ1n) is 6.90. The van der Waals surface area contributed by atoms with Gasteiger partial charge in [-0.3, -0.25) is 0 Å². The third kappa shape index (κ3) is 4.29. The van der Waals surface area contributed by atoms with Crippen molar-refractivity contribution in [3.8, 4) is 0 Å². The highest BCUT2D eigenvalue weighted by Crippen LogP contribution is 2.12. The maximum absolute atomic E-state index is 13.5. The summed E-state index contributed by atoms with van der Waals surface area (Å²) in [4.78, 5) is 15.0. The van der Waals surface area contributed by atoms with Crippen LogP contribution in [0.15, 0.2) is 35.7 Å². The molecule has 3 nitrogen and oxygen atoms in total. The van der Waals surface area contributed by atoms with Crippen molar-refractivity contribution in [3.63, 3.8) is 0 Å². The molecule has 5 heteroatoms. The molecule has 1 heterocycles. The topological polar surface area (TPSA) is 32.3 Å². The fourth-order valence-electron chi connectivity index (χ4n) is 1.95. The molecule has 2 amide bonds. The van der Waals surface area contributed by atoms with E-state index in [1.54, 1.807) is 29.2 Å². The molecule has 1 aromatic heterocycles.